The van der Waals surface area contributed by atoms with Crippen LogP contribution >= 0.6 is 0 Å². The van der Waals surface area contributed by atoms with Gasteiger partial charge in [-0.2, -0.15) is 26.2 Å². The van der Waals surface area contributed by atoms with Gasteiger partial charge in [-0.05, 0) is 37.1 Å². The highest BCUT2D eigenvalue weighted by atomic mass is 32.2. The normalized spacial score (nSPS) is 17.0. The van der Waals surface area contributed by atoms with Crippen LogP contribution in [0.25, 0.3) is 0 Å². The summed E-state index contributed by atoms with van der Waals surface area (Å²) in [5, 5.41) is 0. The monoisotopic (exact) mass is 349 g/mol. The van der Waals surface area contributed by atoms with Crippen LogP contribution in [0, 0.1) is 0 Å². The number of halogens is 2. The third-order valence-corrected chi connectivity index (χ3v) is 5.31. The Bertz CT molecular complexity index is 600. The molecule has 130 valence electrons. The van der Waals surface area contributed by atoms with Crippen LogP contribution in [0.1, 0.15) is 12.8 Å². The van der Waals surface area contributed by atoms with Crippen molar-refractivity contribution in [1.29, 1.82) is 0 Å². The first-order valence-corrected chi connectivity index (χ1v) is 8.71. The Kier molecular flexibility index (Phi) is 5.77. The topological polar surface area (TPSA) is 61.9 Å². The van der Waals surface area contributed by atoms with Gasteiger partial charge in [0.05, 0.1) is 0 Å². The van der Waals surface area contributed by atoms with Crippen LogP contribution in [-0.4, -0.2) is 52.6 Å². The Morgan fingerprint density at radius 3 is 2.26 bits per heavy atom. The number of piperidine rings is 1. The second-order valence-electron chi connectivity index (χ2n) is 5.54. The molecule has 1 aromatic carbocycles. The molecule has 0 atom stereocenters. The molecule has 0 aliphatic carbocycles. The van der Waals surface area contributed by atoms with E-state index in [1.807, 2.05) is 0 Å². The maximum atomic E-state index is 12.1. The van der Waals surface area contributed by atoms with Gasteiger partial charge in [-0.25, -0.2) is 0 Å². The summed E-state index contributed by atoms with van der Waals surface area (Å²) in [6.45, 7) is -1.45. The van der Waals surface area contributed by atoms with Crippen LogP contribution in [0.4, 0.5) is 14.5 Å². The van der Waals surface area contributed by atoms with E-state index in [0.717, 1.165) is 9.99 Å². The van der Waals surface area contributed by atoms with E-state index < -0.39 is 16.8 Å². The lowest BCUT2D eigenvalue weighted by atomic mass is 10.1. The molecular weight excluding hydrogens is 328 g/mol. The summed E-state index contributed by atoms with van der Waals surface area (Å²) in [6, 6.07) is 6.36. The summed E-state index contributed by atoms with van der Waals surface area (Å²) >= 11 is 0. The Hall–Kier alpha value is -1.45. The highest BCUT2D eigenvalue weighted by molar-refractivity contribution is 7.87. The van der Waals surface area contributed by atoms with Crippen LogP contribution in [-0.2, 0) is 10.2 Å². The fourth-order valence-corrected chi connectivity index (χ4v) is 3.28. The van der Waals surface area contributed by atoms with E-state index in [4.69, 9.17) is 0 Å². The summed E-state index contributed by atoms with van der Waals surface area (Å²) in [6.07, 6.45) is 1.37. The van der Waals surface area contributed by atoms with E-state index in [-0.39, 0.29) is 11.8 Å². The third kappa shape index (κ3) is 5.02. The Balaban J connectivity index is 1.89. The van der Waals surface area contributed by atoms with Crippen molar-refractivity contribution in [2.45, 2.75) is 25.5 Å². The zero-order valence-electron chi connectivity index (χ0n) is 13.1. The van der Waals surface area contributed by atoms with E-state index in [0.29, 0.717) is 25.9 Å². The molecule has 1 saturated heterocycles. The number of hydrogen-bond acceptors (Lipinski definition) is 4. The number of hydrogen-bond donors (Lipinski definition) is 1. The first-order chi connectivity index (χ1) is 10.8. The minimum absolute atomic E-state index is 0.0971. The third-order valence-electron chi connectivity index (χ3n) is 3.72. The van der Waals surface area contributed by atoms with Gasteiger partial charge in [0.2, 0.25) is 0 Å². The first-order valence-electron chi connectivity index (χ1n) is 7.27. The molecule has 23 heavy (non-hydrogen) atoms. The van der Waals surface area contributed by atoms with Crippen LogP contribution in [0.3, 0.4) is 0 Å². The molecule has 1 aromatic rings. The van der Waals surface area contributed by atoms with Gasteiger partial charge in [-0.3, -0.25) is 0 Å². The number of ether oxygens (including phenoxy) is 1. The molecule has 1 aliphatic rings. The highest BCUT2D eigenvalue weighted by Crippen LogP contribution is 2.24. The van der Waals surface area contributed by atoms with Gasteiger partial charge in [0.25, 0.3) is 10.2 Å². The summed E-state index contributed by atoms with van der Waals surface area (Å²) < 4.78 is 56.0. The Morgan fingerprint density at radius 1 is 1.22 bits per heavy atom. The molecule has 0 amide bonds. The number of nitrogens with zero attached hydrogens (tertiary/aromatic N) is 2. The zero-order valence-corrected chi connectivity index (χ0v) is 13.9. The molecule has 6 nitrogen and oxygen atoms in total. The highest BCUT2D eigenvalue weighted by Gasteiger charge is 2.24. The lowest BCUT2D eigenvalue weighted by Crippen LogP contribution is -2.47. The molecule has 9 heteroatoms. The van der Waals surface area contributed by atoms with Crippen LogP contribution < -0.4 is 14.4 Å². The van der Waals surface area contributed by atoms with Gasteiger partial charge in [0, 0.05) is 38.9 Å². The molecule has 0 unspecified atom stereocenters. The van der Waals surface area contributed by atoms with Gasteiger partial charge in [0.1, 0.15) is 5.75 Å². The summed E-state index contributed by atoms with van der Waals surface area (Å²) in [4.78, 5) is 2.09. The quantitative estimate of drug-likeness (QED) is 0.848. The maximum Gasteiger partial charge on any atom is 0.387 e. The number of rotatable bonds is 6. The minimum Gasteiger partial charge on any atom is -0.435 e. The fraction of sp³-hybridized carbons (Fsp3) is 0.571. The number of nitrogens with one attached hydrogen (secondary N) is 1. The van der Waals surface area contributed by atoms with Gasteiger partial charge >= 0.3 is 6.61 Å². The van der Waals surface area contributed by atoms with Crippen molar-refractivity contribution in [1.82, 2.24) is 9.03 Å². The average Bonchev–Trinajstić information content (AvgIpc) is 2.48. The van der Waals surface area contributed by atoms with Crippen molar-refractivity contribution in [3.63, 3.8) is 0 Å². The number of benzene rings is 1. The minimum atomic E-state index is -3.42. The molecule has 1 fully saturated rings. The van der Waals surface area contributed by atoms with Crippen molar-refractivity contribution in [2.75, 3.05) is 32.1 Å². The van der Waals surface area contributed by atoms with Crippen molar-refractivity contribution >= 4 is 15.9 Å². The van der Waals surface area contributed by atoms with E-state index in [1.54, 1.807) is 12.1 Å². The van der Waals surface area contributed by atoms with Crippen molar-refractivity contribution in [3.8, 4) is 5.75 Å². The Morgan fingerprint density at radius 2 is 1.78 bits per heavy atom. The van der Waals surface area contributed by atoms with Crippen molar-refractivity contribution in [3.05, 3.63) is 24.3 Å². The fourth-order valence-electron chi connectivity index (χ4n) is 2.41. The van der Waals surface area contributed by atoms with Crippen LogP contribution in [0.2, 0.25) is 0 Å². The molecule has 0 radical (unpaired) electrons. The molecular formula is C14H21F2N3O3S. The van der Waals surface area contributed by atoms with Gasteiger partial charge in [-0.1, -0.05) is 0 Å². The number of alkyl halides is 2. The van der Waals surface area contributed by atoms with E-state index >= 15 is 0 Å². The van der Waals surface area contributed by atoms with Gasteiger partial charge in [-0.15, -0.1) is 0 Å². The van der Waals surface area contributed by atoms with E-state index in [1.165, 1.54) is 26.2 Å². The molecule has 2 rings (SSSR count). The molecule has 1 aliphatic heterocycles. The van der Waals surface area contributed by atoms with Gasteiger partial charge < -0.3 is 9.64 Å². The molecule has 0 spiro atoms. The molecule has 1 N–H and O–H groups in total. The second-order valence-corrected chi connectivity index (χ2v) is 7.46. The second kappa shape index (κ2) is 7.41. The lowest BCUT2D eigenvalue weighted by molar-refractivity contribution is -0.0498. The van der Waals surface area contributed by atoms with E-state index in [2.05, 4.69) is 14.4 Å². The van der Waals surface area contributed by atoms with Crippen molar-refractivity contribution in [2.24, 2.45) is 0 Å². The average molecular weight is 349 g/mol. The standard InChI is InChI=1S/C14H21F2N3O3S/c1-18(2)23(20,21)17-11-7-9-19(10-8-11)12-3-5-13(6-4-12)22-14(15)16/h3-6,11,14,17H,7-10H2,1-2H3. The summed E-state index contributed by atoms with van der Waals surface area (Å²) in [5.74, 6) is 0.123. The van der Waals surface area contributed by atoms with E-state index in [9.17, 15) is 17.2 Å². The summed E-state index contributed by atoms with van der Waals surface area (Å²) in [5.41, 5.74) is 0.903. The molecule has 1 heterocycles. The molecule has 0 aromatic heterocycles. The molecule has 0 bridgehead atoms. The van der Waals surface area contributed by atoms with Crippen molar-refractivity contribution < 1.29 is 21.9 Å². The predicted octanol–water partition coefficient (Wildman–Crippen LogP) is 1.65. The lowest BCUT2D eigenvalue weighted by Gasteiger charge is -2.34. The molecule has 0 saturated carbocycles. The first kappa shape index (κ1) is 17.9. The van der Waals surface area contributed by atoms with Crippen LogP contribution in [0.5, 0.6) is 5.75 Å². The van der Waals surface area contributed by atoms with Crippen LogP contribution in [0.15, 0.2) is 24.3 Å². The van der Waals surface area contributed by atoms with Gasteiger partial charge in [0.15, 0.2) is 0 Å². The summed E-state index contributed by atoms with van der Waals surface area (Å²) in [7, 11) is -0.447. The largest absolute Gasteiger partial charge is 0.435 e. The SMILES string of the molecule is CN(C)S(=O)(=O)NC1CCN(c2ccc(OC(F)F)cc2)CC1. The predicted molar refractivity (Wildman–Crippen MR) is 84.1 cm³/mol. The smallest absolute Gasteiger partial charge is 0.387 e. The number of anilines is 1. The zero-order chi connectivity index (χ0) is 17.0. The Labute approximate surface area is 135 Å². The maximum absolute atomic E-state index is 12.1.